The summed E-state index contributed by atoms with van der Waals surface area (Å²) in [5.41, 5.74) is 2.60. The van der Waals surface area contributed by atoms with Crippen LogP contribution in [0.4, 0.5) is 11.4 Å². The van der Waals surface area contributed by atoms with Crippen molar-refractivity contribution in [2.45, 2.75) is 25.8 Å². The molecule has 0 spiro atoms. The summed E-state index contributed by atoms with van der Waals surface area (Å²) in [6.07, 6.45) is 0.330. The van der Waals surface area contributed by atoms with E-state index in [0.29, 0.717) is 16.9 Å². The smallest absolute Gasteiger partial charge is 0.254 e. The van der Waals surface area contributed by atoms with Gasteiger partial charge in [0.25, 0.3) is 5.91 Å². The molecule has 0 radical (unpaired) electrons. The number of carbonyl (C=O) groups is 3. The van der Waals surface area contributed by atoms with Gasteiger partial charge in [0.15, 0.2) is 0 Å². The lowest BCUT2D eigenvalue weighted by atomic mass is 10.1. The number of carbonyl (C=O) groups excluding carboxylic acids is 3. The third-order valence-electron chi connectivity index (χ3n) is 4.15. The van der Waals surface area contributed by atoms with Crippen molar-refractivity contribution >= 4 is 45.0 Å². The number of para-hydroxylation sites is 1. The van der Waals surface area contributed by atoms with Crippen molar-refractivity contribution in [3.05, 3.63) is 58.1 Å². The predicted molar refractivity (Wildman–Crippen MR) is 103 cm³/mol. The Morgan fingerprint density at radius 3 is 2.73 bits per heavy atom. The van der Waals surface area contributed by atoms with Crippen molar-refractivity contribution in [1.29, 1.82) is 0 Å². The summed E-state index contributed by atoms with van der Waals surface area (Å²) in [7, 11) is 0. The van der Waals surface area contributed by atoms with Crippen LogP contribution in [0.1, 0.15) is 28.8 Å². The Morgan fingerprint density at radius 2 is 1.96 bits per heavy atom. The first-order chi connectivity index (χ1) is 12.4. The molecule has 3 amide bonds. The Morgan fingerprint density at radius 1 is 1.19 bits per heavy atom. The summed E-state index contributed by atoms with van der Waals surface area (Å²) in [6, 6.07) is 11.6. The first-order valence-electron chi connectivity index (χ1n) is 8.21. The second-order valence-corrected chi connectivity index (χ2v) is 6.97. The quantitative estimate of drug-likeness (QED) is 0.715. The molecule has 1 aliphatic rings. The molecule has 134 valence electrons. The number of anilines is 2. The lowest BCUT2D eigenvalue weighted by molar-refractivity contribution is -0.118. The fourth-order valence-corrected chi connectivity index (χ4v) is 2.98. The van der Waals surface area contributed by atoms with E-state index in [0.717, 1.165) is 10.0 Å². The zero-order valence-corrected chi connectivity index (χ0v) is 15.7. The molecule has 0 saturated carbocycles. The molecule has 0 aromatic heterocycles. The molecule has 1 atom stereocenters. The van der Waals surface area contributed by atoms with E-state index in [2.05, 4.69) is 31.9 Å². The minimum atomic E-state index is -0.757. The second-order valence-electron chi connectivity index (χ2n) is 6.11. The summed E-state index contributed by atoms with van der Waals surface area (Å²) < 4.78 is 0.966. The molecule has 1 heterocycles. The van der Waals surface area contributed by atoms with Crippen molar-refractivity contribution in [2.24, 2.45) is 0 Å². The van der Waals surface area contributed by atoms with Gasteiger partial charge >= 0.3 is 0 Å². The third kappa shape index (κ3) is 4.11. The number of rotatable bonds is 4. The highest BCUT2D eigenvalue weighted by Gasteiger charge is 2.27. The molecule has 7 heteroatoms. The maximum Gasteiger partial charge on any atom is 0.254 e. The Bertz CT molecular complexity index is 882. The molecule has 2 aromatic carbocycles. The minimum absolute atomic E-state index is 0.115. The van der Waals surface area contributed by atoms with E-state index in [1.165, 1.54) is 0 Å². The van der Waals surface area contributed by atoms with Crippen molar-refractivity contribution < 1.29 is 14.4 Å². The van der Waals surface area contributed by atoms with Crippen LogP contribution in [0.25, 0.3) is 0 Å². The van der Waals surface area contributed by atoms with Gasteiger partial charge in [-0.05, 0) is 49.2 Å². The average Bonchev–Trinajstić information content (AvgIpc) is 2.73. The number of aryl methyl sites for hydroxylation is 1. The van der Waals surface area contributed by atoms with Crippen molar-refractivity contribution in [3.8, 4) is 0 Å². The molecule has 2 aromatic rings. The van der Waals surface area contributed by atoms with Gasteiger partial charge in [-0.15, -0.1) is 0 Å². The molecule has 0 aliphatic carbocycles. The fourth-order valence-electron chi connectivity index (χ4n) is 2.74. The van der Waals surface area contributed by atoms with Crippen LogP contribution in [0.2, 0.25) is 0 Å². The summed E-state index contributed by atoms with van der Waals surface area (Å²) in [5, 5.41) is 8.22. The van der Waals surface area contributed by atoms with Crippen LogP contribution in [0, 0.1) is 6.92 Å². The number of hydrogen-bond acceptors (Lipinski definition) is 3. The Balaban J connectivity index is 1.60. The summed E-state index contributed by atoms with van der Waals surface area (Å²) >= 11 is 3.41. The SMILES string of the molecule is Cc1cc(NC(=O)CCC2NC(=O)c3ccccc3NC2=O)ccc1Br. The van der Waals surface area contributed by atoms with Crippen LogP contribution in [-0.2, 0) is 9.59 Å². The van der Waals surface area contributed by atoms with Crippen LogP contribution in [0.3, 0.4) is 0 Å². The van der Waals surface area contributed by atoms with E-state index < -0.39 is 6.04 Å². The van der Waals surface area contributed by atoms with Crippen LogP contribution in [-0.4, -0.2) is 23.8 Å². The summed E-state index contributed by atoms with van der Waals surface area (Å²) in [6.45, 7) is 1.93. The van der Waals surface area contributed by atoms with E-state index >= 15 is 0 Å². The van der Waals surface area contributed by atoms with Crippen LogP contribution < -0.4 is 16.0 Å². The monoisotopic (exact) mass is 415 g/mol. The van der Waals surface area contributed by atoms with Crippen LogP contribution >= 0.6 is 15.9 Å². The largest absolute Gasteiger partial charge is 0.340 e. The molecule has 0 bridgehead atoms. The number of halogens is 1. The molecular weight excluding hydrogens is 398 g/mol. The molecule has 1 aliphatic heterocycles. The van der Waals surface area contributed by atoms with Crippen molar-refractivity contribution in [1.82, 2.24) is 5.32 Å². The van der Waals surface area contributed by atoms with Gasteiger partial charge in [0.1, 0.15) is 6.04 Å². The van der Waals surface area contributed by atoms with Crippen LogP contribution in [0.15, 0.2) is 46.9 Å². The van der Waals surface area contributed by atoms with Crippen molar-refractivity contribution in [2.75, 3.05) is 10.6 Å². The fraction of sp³-hybridized carbons (Fsp3) is 0.211. The first kappa shape index (κ1) is 18.1. The van der Waals surface area contributed by atoms with Crippen LogP contribution in [0.5, 0.6) is 0 Å². The predicted octanol–water partition coefficient (Wildman–Crippen LogP) is 3.23. The van der Waals surface area contributed by atoms with Gasteiger partial charge in [-0.3, -0.25) is 14.4 Å². The zero-order chi connectivity index (χ0) is 18.7. The summed E-state index contributed by atoms with van der Waals surface area (Å²) in [4.78, 5) is 36.7. The lowest BCUT2D eigenvalue weighted by Gasteiger charge is -2.14. The molecule has 0 saturated heterocycles. The van der Waals surface area contributed by atoms with E-state index in [1.807, 2.05) is 19.1 Å². The number of benzene rings is 2. The molecule has 6 nitrogen and oxygen atoms in total. The Kier molecular flexibility index (Phi) is 5.37. The van der Waals surface area contributed by atoms with E-state index in [-0.39, 0.29) is 30.6 Å². The maximum atomic E-state index is 12.3. The maximum absolute atomic E-state index is 12.3. The van der Waals surface area contributed by atoms with Gasteiger partial charge < -0.3 is 16.0 Å². The number of hydrogen-bond donors (Lipinski definition) is 3. The minimum Gasteiger partial charge on any atom is -0.340 e. The highest BCUT2D eigenvalue weighted by Crippen LogP contribution is 2.21. The first-order valence-corrected chi connectivity index (χ1v) is 9.00. The van der Waals surface area contributed by atoms with Gasteiger partial charge in [-0.2, -0.15) is 0 Å². The lowest BCUT2D eigenvalue weighted by Crippen LogP contribution is -2.41. The van der Waals surface area contributed by atoms with Gasteiger partial charge in [0.2, 0.25) is 11.8 Å². The molecule has 3 rings (SSSR count). The normalized spacial score (nSPS) is 16.2. The highest BCUT2D eigenvalue weighted by molar-refractivity contribution is 9.10. The Hall–Kier alpha value is -2.67. The Labute approximate surface area is 159 Å². The molecule has 0 fully saturated rings. The molecule has 3 N–H and O–H groups in total. The van der Waals surface area contributed by atoms with Gasteiger partial charge in [-0.1, -0.05) is 28.1 Å². The second kappa shape index (κ2) is 7.70. The number of fused-ring (bicyclic) bond motifs is 1. The molecule has 1 unspecified atom stereocenters. The van der Waals surface area contributed by atoms with Gasteiger partial charge in [0.05, 0.1) is 11.3 Å². The van der Waals surface area contributed by atoms with Gasteiger partial charge in [-0.25, -0.2) is 0 Å². The standard InChI is InChI=1S/C19H18BrN3O3/c1-11-10-12(6-7-14(11)20)21-17(24)9-8-16-19(26)22-15-5-3-2-4-13(15)18(25)23-16/h2-7,10,16H,8-9H2,1H3,(H,21,24)(H,22,26)(H,23,25). The van der Waals surface area contributed by atoms with E-state index in [4.69, 9.17) is 0 Å². The number of nitrogens with one attached hydrogen (secondary N) is 3. The summed E-state index contributed by atoms with van der Waals surface area (Å²) in [5.74, 6) is -0.862. The molecule has 26 heavy (non-hydrogen) atoms. The van der Waals surface area contributed by atoms with E-state index in [1.54, 1.807) is 30.3 Å². The van der Waals surface area contributed by atoms with Gasteiger partial charge in [0, 0.05) is 16.6 Å². The third-order valence-corrected chi connectivity index (χ3v) is 5.04. The van der Waals surface area contributed by atoms with E-state index in [9.17, 15) is 14.4 Å². The number of amides is 3. The van der Waals surface area contributed by atoms with Crippen molar-refractivity contribution in [3.63, 3.8) is 0 Å². The average molecular weight is 416 g/mol. The highest BCUT2D eigenvalue weighted by atomic mass is 79.9. The topological polar surface area (TPSA) is 87.3 Å². The molecular formula is C19H18BrN3O3. The zero-order valence-electron chi connectivity index (χ0n) is 14.1.